The maximum absolute atomic E-state index is 12.4. The summed E-state index contributed by atoms with van der Waals surface area (Å²) in [5, 5.41) is 23.1. The molecule has 336 valence electrons. The fourth-order valence-electron chi connectivity index (χ4n) is 7.28. The lowest BCUT2D eigenvalue weighted by Crippen LogP contribution is -2.45. The zero-order chi connectivity index (χ0) is 42.1. The van der Waals surface area contributed by atoms with Crippen molar-refractivity contribution in [2.75, 3.05) is 6.61 Å². The molecule has 0 aromatic rings. The van der Waals surface area contributed by atoms with Crippen LogP contribution in [0.1, 0.15) is 245 Å². The molecule has 2 atom stereocenters. The zero-order valence-electron chi connectivity index (χ0n) is 38.5. The first kappa shape index (κ1) is 55.8. The van der Waals surface area contributed by atoms with Gasteiger partial charge in [0.15, 0.2) is 0 Å². The van der Waals surface area contributed by atoms with E-state index in [1.54, 1.807) is 6.08 Å². The number of carbonyl (C=O) groups excluding carboxylic acids is 1. The van der Waals surface area contributed by atoms with Gasteiger partial charge in [-0.1, -0.05) is 228 Å². The van der Waals surface area contributed by atoms with Gasteiger partial charge in [0.25, 0.3) is 0 Å². The molecule has 0 fully saturated rings. The van der Waals surface area contributed by atoms with Crippen molar-refractivity contribution in [3.05, 3.63) is 72.9 Å². The predicted molar refractivity (Wildman–Crippen MR) is 257 cm³/mol. The van der Waals surface area contributed by atoms with Crippen LogP contribution in [0.3, 0.4) is 0 Å². The van der Waals surface area contributed by atoms with E-state index in [-0.39, 0.29) is 12.5 Å². The molecule has 0 bridgehead atoms. The molecule has 0 aliphatic rings. The number of rotatable bonds is 45. The number of amides is 1. The van der Waals surface area contributed by atoms with Gasteiger partial charge in [0.1, 0.15) is 0 Å². The first-order valence-corrected chi connectivity index (χ1v) is 25.2. The molecule has 0 saturated heterocycles. The molecule has 1 amide bonds. The molecule has 0 aromatic heterocycles. The lowest BCUT2D eigenvalue weighted by Gasteiger charge is -2.19. The Bertz CT molecular complexity index is 1010. The summed E-state index contributed by atoms with van der Waals surface area (Å²) in [5.74, 6) is -0.0864. The quantitative estimate of drug-likeness (QED) is 0.0424. The average molecular weight is 808 g/mol. The molecule has 0 spiro atoms. The number of carbonyl (C=O) groups is 1. The second-order valence-electron chi connectivity index (χ2n) is 16.9. The van der Waals surface area contributed by atoms with Crippen molar-refractivity contribution >= 4 is 5.91 Å². The third-order valence-electron chi connectivity index (χ3n) is 11.1. The standard InChI is InChI=1S/C54H97NO3/c1-3-5-7-9-11-13-15-17-19-21-23-25-27-29-31-33-35-37-39-41-43-45-47-49-53(57)52(51-56)55-54(58)50-48-46-44-42-40-38-36-34-32-30-28-26-24-22-20-18-16-14-12-10-8-6-4-2/h16,18,22,24,28,30-31,33,39,41,47,49,52-53,56-57H,3-15,17,19-21,23,25-27,29,32,34-38,40,42-46,48,50-51H2,1-2H3,(H,55,58)/b18-16-,24-22-,30-28-,33-31+,41-39+,49-47+. The normalized spacial score (nSPS) is 13.5. The predicted octanol–water partition coefficient (Wildman–Crippen LogP) is 16.2. The van der Waals surface area contributed by atoms with Gasteiger partial charge < -0.3 is 15.5 Å². The van der Waals surface area contributed by atoms with E-state index in [1.807, 2.05) is 6.08 Å². The molecule has 0 aliphatic heterocycles. The molecule has 0 rings (SSSR count). The summed E-state index contributed by atoms with van der Waals surface area (Å²) in [7, 11) is 0. The molecule has 0 aliphatic carbocycles. The maximum atomic E-state index is 12.4. The van der Waals surface area contributed by atoms with Crippen LogP contribution in [0.5, 0.6) is 0 Å². The highest BCUT2D eigenvalue weighted by Gasteiger charge is 2.17. The Morgan fingerprint density at radius 1 is 0.414 bits per heavy atom. The van der Waals surface area contributed by atoms with Gasteiger partial charge in [0, 0.05) is 6.42 Å². The highest BCUT2D eigenvalue weighted by Crippen LogP contribution is 2.14. The first-order valence-electron chi connectivity index (χ1n) is 25.2. The topological polar surface area (TPSA) is 69.6 Å². The van der Waals surface area contributed by atoms with Crippen molar-refractivity contribution in [3.8, 4) is 0 Å². The van der Waals surface area contributed by atoms with Crippen molar-refractivity contribution in [3.63, 3.8) is 0 Å². The van der Waals surface area contributed by atoms with Crippen LogP contribution in [0, 0.1) is 0 Å². The van der Waals surface area contributed by atoms with Gasteiger partial charge in [0.2, 0.25) is 5.91 Å². The molecule has 0 heterocycles. The molecule has 4 heteroatoms. The molecule has 0 radical (unpaired) electrons. The second kappa shape index (κ2) is 49.2. The van der Waals surface area contributed by atoms with Gasteiger partial charge in [-0.15, -0.1) is 0 Å². The van der Waals surface area contributed by atoms with Crippen LogP contribution in [0.25, 0.3) is 0 Å². The van der Waals surface area contributed by atoms with E-state index in [9.17, 15) is 15.0 Å². The summed E-state index contributed by atoms with van der Waals surface area (Å²) in [6.45, 7) is 4.29. The van der Waals surface area contributed by atoms with Crippen molar-refractivity contribution in [1.82, 2.24) is 5.32 Å². The molecule has 2 unspecified atom stereocenters. The van der Waals surface area contributed by atoms with E-state index >= 15 is 0 Å². The van der Waals surface area contributed by atoms with E-state index in [0.717, 1.165) is 57.8 Å². The van der Waals surface area contributed by atoms with Gasteiger partial charge in [-0.25, -0.2) is 0 Å². The van der Waals surface area contributed by atoms with Gasteiger partial charge >= 0.3 is 0 Å². The van der Waals surface area contributed by atoms with Gasteiger partial charge in [0.05, 0.1) is 18.8 Å². The SMILES string of the molecule is CCCCCCC/C=C\C/C=C\C/C=C\CCCCCCCCCCC(=O)NC(CO)C(O)/C=C/CC/C=C/CC/C=C/CCCCCCCCCCCCCCC. The van der Waals surface area contributed by atoms with Gasteiger partial charge in [-0.3, -0.25) is 4.79 Å². The second-order valence-corrected chi connectivity index (χ2v) is 16.9. The molecule has 4 nitrogen and oxygen atoms in total. The fraction of sp³-hybridized carbons (Fsp3) is 0.759. The minimum atomic E-state index is -0.877. The summed E-state index contributed by atoms with van der Waals surface area (Å²) >= 11 is 0. The van der Waals surface area contributed by atoms with E-state index < -0.39 is 12.1 Å². The average Bonchev–Trinajstić information content (AvgIpc) is 3.23. The Balaban J connectivity index is 3.64. The lowest BCUT2D eigenvalue weighted by molar-refractivity contribution is -0.123. The first-order chi connectivity index (χ1) is 28.7. The number of aliphatic hydroxyl groups is 2. The molecule has 0 saturated carbocycles. The number of hydrogen-bond donors (Lipinski definition) is 3. The van der Waals surface area contributed by atoms with E-state index in [1.165, 1.54) is 167 Å². The lowest BCUT2D eigenvalue weighted by atomic mass is 10.0. The summed E-state index contributed by atoms with van der Waals surface area (Å²) in [5.41, 5.74) is 0. The number of unbranched alkanes of at least 4 members (excludes halogenated alkanes) is 28. The number of hydrogen-bond acceptors (Lipinski definition) is 3. The van der Waals surface area contributed by atoms with Crippen LogP contribution in [-0.2, 0) is 4.79 Å². The summed E-state index contributed by atoms with van der Waals surface area (Å²) in [6, 6.07) is -0.654. The van der Waals surface area contributed by atoms with Crippen molar-refractivity contribution in [1.29, 1.82) is 0 Å². The van der Waals surface area contributed by atoms with Gasteiger partial charge in [-0.05, 0) is 83.5 Å². The van der Waals surface area contributed by atoms with Crippen LogP contribution in [0.15, 0.2) is 72.9 Å². The van der Waals surface area contributed by atoms with Crippen molar-refractivity contribution < 1.29 is 15.0 Å². The van der Waals surface area contributed by atoms with Crippen molar-refractivity contribution in [2.45, 2.75) is 257 Å². The Hall–Kier alpha value is -2.17. The Morgan fingerprint density at radius 2 is 0.724 bits per heavy atom. The summed E-state index contributed by atoms with van der Waals surface area (Å²) in [6.07, 6.45) is 70.3. The Kier molecular flexibility index (Phi) is 47.4. The molecule has 3 N–H and O–H groups in total. The zero-order valence-corrected chi connectivity index (χ0v) is 38.5. The van der Waals surface area contributed by atoms with Crippen LogP contribution in [0.4, 0.5) is 0 Å². The van der Waals surface area contributed by atoms with E-state index in [4.69, 9.17) is 0 Å². The number of nitrogens with one attached hydrogen (secondary N) is 1. The third-order valence-corrected chi connectivity index (χ3v) is 11.1. The molecule has 58 heavy (non-hydrogen) atoms. The number of aliphatic hydroxyl groups excluding tert-OH is 2. The molecular formula is C54H97NO3. The Labute approximate surface area is 361 Å². The molecule has 0 aromatic carbocycles. The Morgan fingerprint density at radius 3 is 1.12 bits per heavy atom. The van der Waals surface area contributed by atoms with Crippen molar-refractivity contribution in [2.24, 2.45) is 0 Å². The summed E-state index contributed by atoms with van der Waals surface area (Å²) in [4.78, 5) is 12.4. The third kappa shape index (κ3) is 44.9. The minimum Gasteiger partial charge on any atom is -0.394 e. The highest BCUT2D eigenvalue weighted by atomic mass is 16.3. The monoisotopic (exact) mass is 808 g/mol. The fourth-order valence-corrected chi connectivity index (χ4v) is 7.28. The number of allylic oxidation sites excluding steroid dienone is 11. The smallest absolute Gasteiger partial charge is 0.220 e. The van der Waals surface area contributed by atoms with Crippen LogP contribution >= 0.6 is 0 Å². The largest absolute Gasteiger partial charge is 0.394 e. The van der Waals surface area contributed by atoms with E-state index in [2.05, 4.69) is 79.9 Å². The summed E-state index contributed by atoms with van der Waals surface area (Å²) < 4.78 is 0. The van der Waals surface area contributed by atoms with E-state index in [0.29, 0.717) is 6.42 Å². The van der Waals surface area contributed by atoms with Crippen LogP contribution < -0.4 is 5.32 Å². The van der Waals surface area contributed by atoms with Crippen LogP contribution in [-0.4, -0.2) is 34.9 Å². The van der Waals surface area contributed by atoms with Crippen LogP contribution in [0.2, 0.25) is 0 Å². The minimum absolute atomic E-state index is 0.0864. The highest BCUT2D eigenvalue weighted by molar-refractivity contribution is 5.76. The molecular weight excluding hydrogens is 711 g/mol. The van der Waals surface area contributed by atoms with Gasteiger partial charge in [-0.2, -0.15) is 0 Å². The maximum Gasteiger partial charge on any atom is 0.220 e.